The Morgan fingerprint density at radius 1 is 0.923 bits per heavy atom. The molecule has 0 heterocycles. The number of carbonyl (C=O) groups is 2. The van der Waals surface area contributed by atoms with E-state index in [0.29, 0.717) is 5.56 Å². The number of alkyl halides is 3. The van der Waals surface area contributed by atoms with Gasteiger partial charge in [0, 0.05) is 5.56 Å². The molecule has 0 aliphatic rings. The fourth-order valence-electron chi connectivity index (χ4n) is 1.90. The number of amides is 2. The van der Waals surface area contributed by atoms with Crippen LogP contribution in [0.5, 0.6) is 5.75 Å². The summed E-state index contributed by atoms with van der Waals surface area (Å²) in [5.74, 6) is -1.64. The van der Waals surface area contributed by atoms with Crippen LogP contribution >= 0.6 is 0 Å². The van der Waals surface area contributed by atoms with E-state index in [1.54, 1.807) is 0 Å². The van der Waals surface area contributed by atoms with E-state index in [4.69, 9.17) is 0 Å². The van der Waals surface area contributed by atoms with Gasteiger partial charge in [-0.3, -0.25) is 20.4 Å². The zero-order valence-electron chi connectivity index (χ0n) is 13.3. The second-order valence-corrected chi connectivity index (χ2v) is 5.23. The molecule has 2 aromatic carbocycles. The van der Waals surface area contributed by atoms with E-state index in [1.807, 2.05) is 0 Å². The summed E-state index contributed by atoms with van der Waals surface area (Å²) in [6, 6.07) is 10.2. The van der Waals surface area contributed by atoms with Gasteiger partial charge in [0.05, 0.1) is 6.42 Å². The van der Waals surface area contributed by atoms with Crippen LogP contribution in [-0.2, 0) is 11.2 Å². The topological polar surface area (TPSA) is 67.4 Å². The maximum Gasteiger partial charge on any atom is 0.422 e. The molecule has 0 fully saturated rings. The highest BCUT2D eigenvalue weighted by atomic mass is 19.4. The van der Waals surface area contributed by atoms with E-state index in [1.165, 1.54) is 48.5 Å². The molecule has 138 valence electrons. The predicted octanol–water partition coefficient (Wildman–Crippen LogP) is 2.77. The van der Waals surface area contributed by atoms with Crippen molar-refractivity contribution in [2.45, 2.75) is 12.6 Å². The number of benzene rings is 2. The Morgan fingerprint density at radius 3 is 2.12 bits per heavy atom. The van der Waals surface area contributed by atoms with Gasteiger partial charge >= 0.3 is 6.18 Å². The maximum absolute atomic E-state index is 12.8. The molecule has 2 amide bonds. The molecule has 0 saturated carbocycles. The third-order valence-corrected chi connectivity index (χ3v) is 3.11. The quantitative estimate of drug-likeness (QED) is 0.628. The van der Waals surface area contributed by atoms with Crippen LogP contribution in [-0.4, -0.2) is 24.6 Å². The highest BCUT2D eigenvalue weighted by Gasteiger charge is 2.28. The average molecular weight is 370 g/mol. The number of rotatable bonds is 5. The number of nitrogens with one attached hydrogen (secondary N) is 2. The molecular weight excluding hydrogens is 356 g/mol. The van der Waals surface area contributed by atoms with Crippen LogP contribution < -0.4 is 15.6 Å². The number of halogens is 4. The van der Waals surface area contributed by atoms with E-state index >= 15 is 0 Å². The fraction of sp³-hybridized carbons (Fsp3) is 0.176. The molecule has 0 aromatic heterocycles. The summed E-state index contributed by atoms with van der Waals surface area (Å²) in [6.45, 7) is -1.43. The van der Waals surface area contributed by atoms with E-state index in [0.717, 1.165) is 0 Å². The number of carbonyl (C=O) groups excluding carboxylic acids is 2. The number of hydrazine groups is 1. The van der Waals surface area contributed by atoms with Crippen molar-refractivity contribution in [2.75, 3.05) is 6.61 Å². The molecule has 0 unspecified atom stereocenters. The molecular formula is C17H14F4N2O3. The molecule has 0 radical (unpaired) electrons. The van der Waals surface area contributed by atoms with E-state index in [9.17, 15) is 27.2 Å². The summed E-state index contributed by atoms with van der Waals surface area (Å²) >= 11 is 0. The van der Waals surface area contributed by atoms with Gasteiger partial charge in [0.15, 0.2) is 6.61 Å². The molecule has 0 spiro atoms. The first kappa shape index (κ1) is 19.2. The van der Waals surface area contributed by atoms with Crippen LogP contribution in [0.2, 0.25) is 0 Å². The Morgan fingerprint density at radius 2 is 1.54 bits per heavy atom. The molecule has 2 aromatic rings. The number of hydrogen-bond donors (Lipinski definition) is 2. The van der Waals surface area contributed by atoms with Gasteiger partial charge in [-0.15, -0.1) is 0 Å². The first-order valence-electron chi connectivity index (χ1n) is 7.36. The van der Waals surface area contributed by atoms with Crippen molar-refractivity contribution in [3.8, 4) is 5.75 Å². The summed E-state index contributed by atoms with van der Waals surface area (Å²) in [5, 5.41) is 0. The Bertz CT molecular complexity index is 759. The SMILES string of the molecule is O=C(Cc1ccc(F)cc1)NNC(=O)c1ccc(OCC(F)(F)F)cc1. The largest absolute Gasteiger partial charge is 0.484 e. The van der Waals surface area contributed by atoms with Gasteiger partial charge in [-0.25, -0.2) is 4.39 Å². The van der Waals surface area contributed by atoms with Crippen molar-refractivity contribution >= 4 is 11.8 Å². The lowest BCUT2D eigenvalue weighted by molar-refractivity contribution is -0.153. The molecule has 0 atom stereocenters. The minimum atomic E-state index is -4.45. The van der Waals surface area contributed by atoms with Gasteiger partial charge in [0.1, 0.15) is 11.6 Å². The predicted molar refractivity (Wildman–Crippen MR) is 83.7 cm³/mol. The first-order valence-corrected chi connectivity index (χ1v) is 7.36. The standard InChI is InChI=1S/C17H14F4N2O3/c18-13-5-1-11(2-6-13)9-15(24)22-23-16(25)12-3-7-14(8-4-12)26-10-17(19,20)21/h1-8H,9-10H2,(H,22,24)(H,23,25). The summed E-state index contributed by atoms with van der Waals surface area (Å²) in [6.07, 6.45) is -4.52. The smallest absolute Gasteiger partial charge is 0.422 e. The van der Waals surface area contributed by atoms with Gasteiger partial charge in [-0.05, 0) is 42.0 Å². The van der Waals surface area contributed by atoms with E-state index < -0.39 is 30.4 Å². The normalized spacial score (nSPS) is 10.9. The zero-order chi connectivity index (χ0) is 19.2. The van der Waals surface area contributed by atoms with Gasteiger partial charge in [-0.2, -0.15) is 13.2 Å². The van der Waals surface area contributed by atoms with Crippen LogP contribution in [0.15, 0.2) is 48.5 Å². The summed E-state index contributed by atoms with van der Waals surface area (Å²) in [5.41, 5.74) is 5.04. The minimum absolute atomic E-state index is 0.0424. The van der Waals surface area contributed by atoms with Crippen molar-refractivity contribution in [3.63, 3.8) is 0 Å². The van der Waals surface area contributed by atoms with Crippen LogP contribution in [0.1, 0.15) is 15.9 Å². The van der Waals surface area contributed by atoms with Crippen LogP contribution in [0.4, 0.5) is 17.6 Å². The lowest BCUT2D eigenvalue weighted by atomic mass is 10.1. The van der Waals surface area contributed by atoms with Gasteiger partial charge in [0.25, 0.3) is 5.91 Å². The average Bonchev–Trinajstić information content (AvgIpc) is 2.60. The van der Waals surface area contributed by atoms with Crippen molar-refractivity contribution in [3.05, 3.63) is 65.5 Å². The van der Waals surface area contributed by atoms with Crippen molar-refractivity contribution < 1.29 is 31.9 Å². The highest BCUT2D eigenvalue weighted by Crippen LogP contribution is 2.18. The van der Waals surface area contributed by atoms with E-state index in [2.05, 4.69) is 15.6 Å². The monoisotopic (exact) mass is 370 g/mol. The molecule has 5 nitrogen and oxygen atoms in total. The summed E-state index contributed by atoms with van der Waals surface area (Å²) < 4.78 is 53.5. The zero-order valence-corrected chi connectivity index (χ0v) is 13.3. The fourth-order valence-corrected chi connectivity index (χ4v) is 1.90. The molecule has 9 heteroatoms. The molecule has 0 bridgehead atoms. The Labute approximate surface area is 145 Å². The third-order valence-electron chi connectivity index (χ3n) is 3.11. The maximum atomic E-state index is 12.8. The van der Waals surface area contributed by atoms with Crippen LogP contribution in [0, 0.1) is 5.82 Å². The summed E-state index contributed by atoms with van der Waals surface area (Å²) in [4.78, 5) is 23.6. The molecule has 0 aliphatic heterocycles. The minimum Gasteiger partial charge on any atom is -0.484 e. The Kier molecular flexibility index (Phi) is 6.16. The second kappa shape index (κ2) is 8.32. The lowest BCUT2D eigenvalue weighted by Crippen LogP contribution is -2.42. The lowest BCUT2D eigenvalue weighted by Gasteiger charge is -2.10. The molecule has 0 saturated heterocycles. The van der Waals surface area contributed by atoms with Crippen LogP contribution in [0.3, 0.4) is 0 Å². The molecule has 2 N–H and O–H groups in total. The third kappa shape index (κ3) is 6.42. The molecule has 26 heavy (non-hydrogen) atoms. The molecule has 0 aliphatic carbocycles. The van der Waals surface area contributed by atoms with Crippen LogP contribution in [0.25, 0.3) is 0 Å². The van der Waals surface area contributed by atoms with Crippen molar-refractivity contribution in [1.29, 1.82) is 0 Å². The van der Waals surface area contributed by atoms with Crippen molar-refractivity contribution in [1.82, 2.24) is 10.9 Å². The van der Waals surface area contributed by atoms with Gasteiger partial charge < -0.3 is 4.74 Å². The van der Waals surface area contributed by atoms with Crippen molar-refractivity contribution in [2.24, 2.45) is 0 Å². The number of ether oxygens (including phenoxy) is 1. The van der Waals surface area contributed by atoms with E-state index in [-0.39, 0.29) is 17.7 Å². The summed E-state index contributed by atoms with van der Waals surface area (Å²) in [7, 11) is 0. The van der Waals surface area contributed by atoms with Gasteiger partial charge in [0.2, 0.25) is 5.91 Å². The second-order valence-electron chi connectivity index (χ2n) is 5.23. The molecule has 2 rings (SSSR count). The highest BCUT2D eigenvalue weighted by molar-refractivity contribution is 5.95. The van der Waals surface area contributed by atoms with Gasteiger partial charge in [-0.1, -0.05) is 12.1 Å². The first-order chi connectivity index (χ1) is 12.2. The number of hydrogen-bond acceptors (Lipinski definition) is 3. The Balaban J connectivity index is 1.81. The Hall–Kier alpha value is -3.10.